The molecule has 5 heteroatoms. The number of hydrogen-bond donors (Lipinski definition) is 4. The molecule has 1 aromatic carbocycles. The minimum atomic E-state index is -0.226. The van der Waals surface area contributed by atoms with E-state index in [2.05, 4.69) is 21.7 Å². The van der Waals surface area contributed by atoms with Gasteiger partial charge in [0.2, 0.25) is 5.91 Å². The Morgan fingerprint density at radius 1 is 1.33 bits per heavy atom. The van der Waals surface area contributed by atoms with Gasteiger partial charge in [-0.05, 0) is 55.8 Å². The van der Waals surface area contributed by atoms with Crippen LogP contribution in [-0.2, 0) is 11.2 Å². The molecule has 1 aliphatic carbocycles. The molecule has 24 heavy (non-hydrogen) atoms. The lowest BCUT2D eigenvalue weighted by Crippen LogP contribution is -2.41. The summed E-state index contributed by atoms with van der Waals surface area (Å²) in [5, 5.41) is 17.3. The number of carbonyl (C=O) groups excluding carboxylic acids is 1. The monoisotopic (exact) mass is 327 g/mol. The number of benzene rings is 1. The summed E-state index contributed by atoms with van der Waals surface area (Å²) in [4.78, 5) is 15.8. The predicted molar refractivity (Wildman–Crippen MR) is 93.7 cm³/mol. The molecule has 2 atom stereocenters. The van der Waals surface area contributed by atoms with Gasteiger partial charge in [-0.1, -0.05) is 18.2 Å². The molecule has 0 bridgehead atoms. The fourth-order valence-corrected chi connectivity index (χ4v) is 4.22. The van der Waals surface area contributed by atoms with Crippen LogP contribution in [0.15, 0.2) is 30.5 Å². The first-order chi connectivity index (χ1) is 11.7. The van der Waals surface area contributed by atoms with Crippen LogP contribution in [-0.4, -0.2) is 41.7 Å². The topological polar surface area (TPSA) is 77.2 Å². The van der Waals surface area contributed by atoms with Gasteiger partial charge in [0.05, 0.1) is 12.6 Å². The van der Waals surface area contributed by atoms with Crippen LogP contribution >= 0.6 is 0 Å². The van der Waals surface area contributed by atoms with Crippen LogP contribution in [0.2, 0.25) is 0 Å². The van der Waals surface area contributed by atoms with E-state index in [1.165, 1.54) is 0 Å². The van der Waals surface area contributed by atoms with Gasteiger partial charge in [-0.25, -0.2) is 0 Å². The lowest BCUT2D eigenvalue weighted by Gasteiger charge is -2.24. The Kier molecular flexibility index (Phi) is 4.06. The van der Waals surface area contributed by atoms with Crippen LogP contribution in [0.5, 0.6) is 0 Å². The molecule has 1 saturated heterocycles. The van der Waals surface area contributed by atoms with Crippen LogP contribution in [0.25, 0.3) is 10.9 Å². The largest absolute Gasteiger partial charge is 0.394 e. The molecule has 1 saturated carbocycles. The van der Waals surface area contributed by atoms with Gasteiger partial charge >= 0.3 is 0 Å². The SMILES string of the molecule is O=C(NC(CO)Cc1c[nH]c2ccccc12)C1CC12CCNCC2. The Morgan fingerprint density at radius 2 is 2.12 bits per heavy atom. The summed E-state index contributed by atoms with van der Waals surface area (Å²) >= 11 is 0. The molecule has 2 fully saturated rings. The molecule has 0 radical (unpaired) electrons. The van der Waals surface area contributed by atoms with Crippen LogP contribution in [0, 0.1) is 11.3 Å². The average Bonchev–Trinajstić information content (AvgIpc) is 3.15. The number of aliphatic hydroxyl groups excluding tert-OH is 1. The summed E-state index contributed by atoms with van der Waals surface area (Å²) in [5.41, 5.74) is 2.46. The van der Waals surface area contributed by atoms with E-state index in [0.717, 1.165) is 48.8 Å². The van der Waals surface area contributed by atoms with Crippen molar-refractivity contribution in [2.24, 2.45) is 11.3 Å². The Hall–Kier alpha value is -1.85. The number of H-pyrrole nitrogens is 1. The second-order valence-corrected chi connectivity index (χ2v) is 7.32. The first-order valence-electron chi connectivity index (χ1n) is 8.89. The highest BCUT2D eigenvalue weighted by Crippen LogP contribution is 2.58. The fourth-order valence-electron chi connectivity index (χ4n) is 4.22. The number of para-hydroxylation sites is 1. The van der Waals surface area contributed by atoms with Gasteiger partial charge in [0.25, 0.3) is 0 Å². The van der Waals surface area contributed by atoms with Crippen molar-refractivity contribution in [2.45, 2.75) is 31.7 Å². The number of rotatable bonds is 5. The van der Waals surface area contributed by atoms with Gasteiger partial charge in [-0.3, -0.25) is 4.79 Å². The molecular weight excluding hydrogens is 302 g/mol. The quantitative estimate of drug-likeness (QED) is 0.673. The number of piperidine rings is 1. The molecule has 5 nitrogen and oxygen atoms in total. The van der Waals surface area contributed by atoms with E-state index < -0.39 is 0 Å². The second kappa shape index (κ2) is 6.22. The van der Waals surface area contributed by atoms with Crippen LogP contribution in [0.3, 0.4) is 0 Å². The van der Waals surface area contributed by atoms with Gasteiger partial charge in [-0.15, -0.1) is 0 Å². The Morgan fingerprint density at radius 3 is 2.92 bits per heavy atom. The van der Waals surface area contributed by atoms with Gasteiger partial charge < -0.3 is 20.7 Å². The van der Waals surface area contributed by atoms with Crippen LogP contribution in [0.4, 0.5) is 0 Å². The normalized spacial score (nSPS) is 23.3. The smallest absolute Gasteiger partial charge is 0.224 e. The lowest BCUT2D eigenvalue weighted by molar-refractivity contribution is -0.124. The summed E-state index contributed by atoms with van der Waals surface area (Å²) in [6.07, 6.45) is 5.82. The third-order valence-corrected chi connectivity index (χ3v) is 5.81. The van der Waals surface area contributed by atoms with Crippen molar-refractivity contribution in [1.82, 2.24) is 15.6 Å². The fraction of sp³-hybridized carbons (Fsp3) is 0.526. The third-order valence-electron chi connectivity index (χ3n) is 5.81. The average molecular weight is 327 g/mol. The molecule has 2 aliphatic rings. The van der Waals surface area contributed by atoms with Gasteiger partial charge in [0.1, 0.15) is 0 Å². The molecule has 2 aromatic rings. The molecule has 1 aliphatic heterocycles. The standard InChI is InChI=1S/C19H25N3O2/c23-12-14(9-13-11-21-17-4-2-1-3-15(13)17)22-18(24)16-10-19(16)5-7-20-8-6-19/h1-4,11,14,16,20-21,23H,5-10,12H2,(H,22,24). The van der Waals surface area contributed by atoms with Crippen molar-refractivity contribution in [3.63, 3.8) is 0 Å². The van der Waals surface area contributed by atoms with Gasteiger partial charge in [0, 0.05) is 23.0 Å². The van der Waals surface area contributed by atoms with Crippen molar-refractivity contribution in [1.29, 1.82) is 0 Å². The van der Waals surface area contributed by atoms with E-state index >= 15 is 0 Å². The van der Waals surface area contributed by atoms with E-state index in [9.17, 15) is 9.90 Å². The highest BCUT2D eigenvalue weighted by atomic mass is 16.3. The van der Waals surface area contributed by atoms with E-state index in [4.69, 9.17) is 0 Å². The van der Waals surface area contributed by atoms with Crippen molar-refractivity contribution in [3.8, 4) is 0 Å². The maximum atomic E-state index is 12.6. The van der Waals surface area contributed by atoms with Crippen molar-refractivity contribution in [3.05, 3.63) is 36.0 Å². The number of nitrogens with one attached hydrogen (secondary N) is 3. The summed E-state index contributed by atoms with van der Waals surface area (Å²) in [5.74, 6) is 0.257. The zero-order valence-corrected chi connectivity index (χ0v) is 13.8. The number of carbonyl (C=O) groups is 1. The molecule has 1 amide bonds. The number of amides is 1. The summed E-state index contributed by atoms with van der Waals surface area (Å²) in [6, 6.07) is 7.89. The molecule has 4 rings (SSSR count). The highest BCUT2D eigenvalue weighted by Gasteiger charge is 2.57. The van der Waals surface area contributed by atoms with Gasteiger partial charge in [0.15, 0.2) is 0 Å². The minimum absolute atomic E-state index is 0.0352. The molecule has 2 unspecified atom stereocenters. The Bertz CT molecular complexity index is 733. The number of fused-ring (bicyclic) bond motifs is 1. The molecule has 1 spiro atoms. The number of hydrogen-bond acceptors (Lipinski definition) is 3. The number of aromatic amines is 1. The second-order valence-electron chi connectivity index (χ2n) is 7.32. The van der Waals surface area contributed by atoms with E-state index in [1.54, 1.807) is 0 Å². The van der Waals surface area contributed by atoms with Crippen LogP contribution in [0.1, 0.15) is 24.8 Å². The minimum Gasteiger partial charge on any atom is -0.394 e. The maximum absolute atomic E-state index is 12.6. The first-order valence-corrected chi connectivity index (χ1v) is 8.89. The molecule has 4 N–H and O–H groups in total. The predicted octanol–water partition coefficient (Wildman–Crippen LogP) is 1.58. The third kappa shape index (κ3) is 2.82. The molecule has 128 valence electrons. The van der Waals surface area contributed by atoms with E-state index in [0.29, 0.717) is 6.42 Å². The Labute approximate surface area is 141 Å². The first kappa shape index (κ1) is 15.7. The van der Waals surface area contributed by atoms with Crippen molar-refractivity contribution in [2.75, 3.05) is 19.7 Å². The van der Waals surface area contributed by atoms with Crippen LogP contribution < -0.4 is 10.6 Å². The highest BCUT2D eigenvalue weighted by molar-refractivity contribution is 5.84. The molecule has 1 aromatic heterocycles. The van der Waals surface area contributed by atoms with Crippen molar-refractivity contribution >= 4 is 16.8 Å². The maximum Gasteiger partial charge on any atom is 0.224 e. The lowest BCUT2D eigenvalue weighted by atomic mass is 9.91. The van der Waals surface area contributed by atoms with Gasteiger partial charge in [-0.2, -0.15) is 0 Å². The summed E-state index contributed by atoms with van der Waals surface area (Å²) in [6.45, 7) is 2.00. The Balaban J connectivity index is 1.40. The van der Waals surface area contributed by atoms with E-state index in [1.807, 2.05) is 24.4 Å². The zero-order valence-electron chi connectivity index (χ0n) is 13.8. The summed E-state index contributed by atoms with van der Waals surface area (Å²) in [7, 11) is 0. The zero-order chi connectivity index (χ0) is 16.6. The molecule has 2 heterocycles. The van der Waals surface area contributed by atoms with E-state index in [-0.39, 0.29) is 29.9 Å². The summed E-state index contributed by atoms with van der Waals surface area (Å²) < 4.78 is 0. The van der Waals surface area contributed by atoms with Crippen molar-refractivity contribution < 1.29 is 9.90 Å². The molecular formula is C19H25N3O2. The number of aromatic nitrogens is 1. The number of aliphatic hydroxyl groups is 1.